The van der Waals surface area contributed by atoms with Crippen LogP contribution >= 0.6 is 0 Å². The summed E-state index contributed by atoms with van der Waals surface area (Å²) in [5, 5.41) is 2.81. The van der Waals surface area contributed by atoms with Crippen molar-refractivity contribution in [3.63, 3.8) is 0 Å². The van der Waals surface area contributed by atoms with Crippen LogP contribution in [0.4, 0.5) is 0 Å². The summed E-state index contributed by atoms with van der Waals surface area (Å²) in [6, 6.07) is -0.333. The van der Waals surface area contributed by atoms with Gasteiger partial charge in [-0.1, -0.05) is 34.6 Å². The molecular weight excluding hydrogens is 240 g/mol. The molecule has 108 valence electrons. The second kappa shape index (κ2) is 4.50. The van der Waals surface area contributed by atoms with Crippen molar-refractivity contribution in [1.82, 2.24) is 10.2 Å². The van der Waals surface area contributed by atoms with E-state index < -0.39 is 0 Å². The molecule has 1 N–H and O–H groups in total. The molecule has 0 bridgehead atoms. The zero-order chi connectivity index (χ0) is 14.4. The zero-order valence-corrected chi connectivity index (χ0v) is 12.7. The molecule has 1 saturated heterocycles. The lowest BCUT2D eigenvalue weighted by molar-refractivity contribution is -0.133. The Morgan fingerprint density at radius 2 is 1.79 bits per heavy atom. The molecule has 0 radical (unpaired) electrons. The van der Waals surface area contributed by atoms with Crippen LogP contribution < -0.4 is 5.32 Å². The topological polar surface area (TPSA) is 49.4 Å². The fourth-order valence-electron chi connectivity index (χ4n) is 3.36. The molecule has 1 unspecified atom stereocenters. The molecule has 1 aliphatic carbocycles. The molecule has 19 heavy (non-hydrogen) atoms. The smallest absolute Gasteiger partial charge is 0.245 e. The molecule has 1 atom stereocenters. The molecular formula is C15H26N2O2. The van der Waals surface area contributed by atoms with E-state index in [-0.39, 0.29) is 28.7 Å². The van der Waals surface area contributed by atoms with Gasteiger partial charge >= 0.3 is 0 Å². The van der Waals surface area contributed by atoms with Gasteiger partial charge in [0.15, 0.2) is 0 Å². The van der Waals surface area contributed by atoms with Crippen molar-refractivity contribution in [2.24, 2.45) is 16.7 Å². The highest BCUT2D eigenvalue weighted by molar-refractivity contribution is 5.89. The van der Waals surface area contributed by atoms with E-state index in [2.05, 4.69) is 33.0 Å². The Morgan fingerprint density at radius 1 is 1.21 bits per heavy atom. The van der Waals surface area contributed by atoms with E-state index in [1.807, 2.05) is 11.8 Å². The molecule has 2 fully saturated rings. The van der Waals surface area contributed by atoms with Crippen molar-refractivity contribution in [3.05, 3.63) is 0 Å². The van der Waals surface area contributed by atoms with Crippen molar-refractivity contribution in [3.8, 4) is 0 Å². The van der Waals surface area contributed by atoms with Gasteiger partial charge in [0, 0.05) is 19.5 Å². The van der Waals surface area contributed by atoms with Gasteiger partial charge in [-0.15, -0.1) is 0 Å². The summed E-state index contributed by atoms with van der Waals surface area (Å²) in [6.45, 7) is 12.3. The van der Waals surface area contributed by atoms with Crippen LogP contribution in [-0.2, 0) is 9.59 Å². The summed E-state index contributed by atoms with van der Waals surface area (Å²) < 4.78 is 0. The molecule has 2 aliphatic rings. The fourth-order valence-corrected chi connectivity index (χ4v) is 3.36. The van der Waals surface area contributed by atoms with Crippen LogP contribution in [0, 0.1) is 16.7 Å². The molecule has 4 nitrogen and oxygen atoms in total. The van der Waals surface area contributed by atoms with Gasteiger partial charge in [-0.3, -0.25) is 9.59 Å². The van der Waals surface area contributed by atoms with E-state index in [4.69, 9.17) is 0 Å². The van der Waals surface area contributed by atoms with Crippen LogP contribution in [0.25, 0.3) is 0 Å². The molecule has 1 aliphatic heterocycles. The third-order valence-corrected chi connectivity index (χ3v) is 5.68. The average Bonchev–Trinajstić information content (AvgIpc) is 2.77. The molecule has 0 aromatic heterocycles. The van der Waals surface area contributed by atoms with Crippen molar-refractivity contribution < 1.29 is 9.59 Å². The van der Waals surface area contributed by atoms with Crippen LogP contribution in [0.2, 0.25) is 0 Å². The van der Waals surface area contributed by atoms with Crippen LogP contribution in [0.3, 0.4) is 0 Å². The van der Waals surface area contributed by atoms with E-state index in [1.165, 1.54) is 0 Å². The molecule has 0 aromatic rings. The van der Waals surface area contributed by atoms with Gasteiger partial charge in [-0.2, -0.15) is 0 Å². The van der Waals surface area contributed by atoms with Crippen molar-refractivity contribution in [1.29, 1.82) is 0 Å². The largest absolute Gasteiger partial charge is 0.344 e. The maximum atomic E-state index is 12.4. The van der Waals surface area contributed by atoms with E-state index in [0.717, 1.165) is 6.54 Å². The number of rotatable bonds is 3. The van der Waals surface area contributed by atoms with E-state index in [1.54, 1.807) is 0 Å². The highest BCUT2D eigenvalue weighted by atomic mass is 16.2. The van der Waals surface area contributed by atoms with Crippen LogP contribution in [0.5, 0.6) is 0 Å². The highest BCUT2D eigenvalue weighted by Crippen LogP contribution is 2.68. The number of nitrogens with zero attached hydrogens (tertiary/aromatic N) is 1. The highest BCUT2D eigenvalue weighted by Gasteiger charge is 2.64. The third-order valence-electron chi connectivity index (χ3n) is 5.68. The summed E-state index contributed by atoms with van der Waals surface area (Å²) in [7, 11) is 0. The van der Waals surface area contributed by atoms with Gasteiger partial charge in [-0.25, -0.2) is 0 Å². The van der Waals surface area contributed by atoms with Crippen molar-refractivity contribution in [2.45, 2.75) is 53.5 Å². The Bertz CT molecular complexity index is 387. The van der Waals surface area contributed by atoms with Crippen LogP contribution in [-0.4, -0.2) is 35.8 Å². The minimum Gasteiger partial charge on any atom is -0.344 e. The monoisotopic (exact) mass is 266 g/mol. The minimum atomic E-state index is -0.333. The Morgan fingerprint density at radius 3 is 2.26 bits per heavy atom. The standard InChI is InChI=1S/C15H26N2O2/c1-6-10-13(19)17(8-7-12(18)16-10)9-11-14(2,3)15(11,4)5/h10-11H,6-9H2,1-5H3,(H,16,18). The first-order valence-electron chi connectivity index (χ1n) is 7.30. The van der Waals surface area contributed by atoms with E-state index >= 15 is 0 Å². The molecule has 2 rings (SSSR count). The average molecular weight is 266 g/mol. The molecule has 0 aromatic carbocycles. The number of hydrogen-bond acceptors (Lipinski definition) is 2. The Kier molecular flexibility index (Phi) is 3.40. The lowest BCUT2D eigenvalue weighted by Crippen LogP contribution is -2.45. The Hall–Kier alpha value is -1.06. The van der Waals surface area contributed by atoms with Gasteiger partial charge in [-0.05, 0) is 23.2 Å². The second-order valence-corrected chi connectivity index (χ2v) is 7.06. The molecule has 4 heteroatoms. The molecule has 0 spiro atoms. The number of nitrogens with one attached hydrogen (secondary N) is 1. The van der Waals surface area contributed by atoms with Gasteiger partial charge in [0.2, 0.25) is 11.8 Å². The van der Waals surface area contributed by atoms with Crippen LogP contribution in [0.1, 0.15) is 47.5 Å². The number of carbonyl (C=O) groups is 2. The number of carbonyl (C=O) groups excluding carboxylic acids is 2. The number of hydrogen-bond donors (Lipinski definition) is 1. The van der Waals surface area contributed by atoms with Crippen molar-refractivity contribution in [2.75, 3.05) is 13.1 Å². The third kappa shape index (κ3) is 2.26. The fraction of sp³-hybridized carbons (Fsp3) is 0.867. The Balaban J connectivity index is 2.08. The number of amides is 2. The molecule has 2 amide bonds. The van der Waals surface area contributed by atoms with E-state index in [0.29, 0.717) is 25.3 Å². The van der Waals surface area contributed by atoms with Crippen LogP contribution in [0.15, 0.2) is 0 Å². The van der Waals surface area contributed by atoms with Gasteiger partial charge in [0.25, 0.3) is 0 Å². The molecule has 1 saturated carbocycles. The lowest BCUT2D eigenvalue weighted by Gasteiger charge is -2.24. The maximum absolute atomic E-state index is 12.4. The first-order valence-corrected chi connectivity index (χ1v) is 7.30. The molecule has 1 heterocycles. The first-order chi connectivity index (χ1) is 8.71. The Labute approximate surface area is 115 Å². The van der Waals surface area contributed by atoms with E-state index in [9.17, 15) is 9.59 Å². The van der Waals surface area contributed by atoms with Gasteiger partial charge in [0.1, 0.15) is 6.04 Å². The lowest BCUT2D eigenvalue weighted by atomic mass is 10.0. The zero-order valence-electron chi connectivity index (χ0n) is 12.7. The predicted octanol–water partition coefficient (Wildman–Crippen LogP) is 1.80. The maximum Gasteiger partial charge on any atom is 0.245 e. The predicted molar refractivity (Wildman–Crippen MR) is 74.5 cm³/mol. The minimum absolute atomic E-state index is 0.00276. The summed E-state index contributed by atoms with van der Waals surface area (Å²) in [5.41, 5.74) is 0.553. The van der Waals surface area contributed by atoms with Gasteiger partial charge < -0.3 is 10.2 Å². The quantitative estimate of drug-likeness (QED) is 0.846. The summed E-state index contributed by atoms with van der Waals surface area (Å²) >= 11 is 0. The normalized spacial score (nSPS) is 29.9. The summed E-state index contributed by atoms with van der Waals surface area (Å²) in [5.74, 6) is 0.610. The van der Waals surface area contributed by atoms with Gasteiger partial charge in [0.05, 0.1) is 0 Å². The SMILES string of the molecule is CCC1NC(=O)CCN(CC2C(C)(C)C2(C)C)C1=O. The summed E-state index contributed by atoms with van der Waals surface area (Å²) in [6.07, 6.45) is 1.09. The summed E-state index contributed by atoms with van der Waals surface area (Å²) in [4.78, 5) is 25.9. The van der Waals surface area contributed by atoms with Crippen molar-refractivity contribution >= 4 is 11.8 Å². The first kappa shape index (κ1) is 14.4. The second-order valence-electron chi connectivity index (χ2n) is 7.06.